The lowest BCUT2D eigenvalue weighted by molar-refractivity contribution is -0.142. The van der Waals surface area contributed by atoms with Crippen molar-refractivity contribution in [2.75, 3.05) is 7.05 Å². The zero-order valence-electron chi connectivity index (χ0n) is 7.96. The summed E-state index contributed by atoms with van der Waals surface area (Å²) in [6, 6.07) is 3.38. The zero-order chi connectivity index (χ0) is 10.7. The van der Waals surface area contributed by atoms with Crippen LogP contribution in [0.3, 0.4) is 0 Å². The van der Waals surface area contributed by atoms with Crippen LogP contribution >= 0.6 is 0 Å². The van der Waals surface area contributed by atoms with E-state index in [2.05, 4.69) is 0 Å². The van der Waals surface area contributed by atoms with E-state index in [4.69, 9.17) is 4.42 Å². The number of alkyl halides is 2. The smallest absolute Gasteiger partial charge is 0.315 e. The molecule has 0 spiro atoms. The normalized spacial score (nSPS) is 10.6. The molecule has 1 heterocycles. The first-order valence-corrected chi connectivity index (χ1v) is 4.09. The van der Waals surface area contributed by atoms with Crippen LogP contribution in [0.2, 0.25) is 0 Å². The molecular weight excluding hydrogens is 192 g/mol. The standard InChI is InChI=1S/C9H11F2NO2/c1-6-3-4-7(14-6)5-12(2)9(13)8(10)11/h3-4,8H,5H2,1-2H3. The van der Waals surface area contributed by atoms with E-state index in [1.807, 2.05) is 0 Å². The maximum absolute atomic E-state index is 12.0. The van der Waals surface area contributed by atoms with Crippen molar-refractivity contribution >= 4 is 5.91 Å². The van der Waals surface area contributed by atoms with Crippen molar-refractivity contribution in [2.45, 2.75) is 19.9 Å². The van der Waals surface area contributed by atoms with Gasteiger partial charge in [0.2, 0.25) is 0 Å². The lowest BCUT2D eigenvalue weighted by Gasteiger charge is -2.14. The number of aryl methyl sites for hydroxylation is 1. The number of hydrogen-bond donors (Lipinski definition) is 0. The lowest BCUT2D eigenvalue weighted by atomic mass is 10.4. The van der Waals surface area contributed by atoms with Crippen LogP contribution < -0.4 is 0 Å². The average Bonchev–Trinajstić information content (AvgIpc) is 2.49. The van der Waals surface area contributed by atoms with E-state index < -0.39 is 12.3 Å². The Balaban J connectivity index is 2.57. The molecule has 0 atom stereocenters. The van der Waals surface area contributed by atoms with Crippen LogP contribution in [0.4, 0.5) is 8.78 Å². The predicted molar refractivity (Wildman–Crippen MR) is 45.9 cm³/mol. The van der Waals surface area contributed by atoms with Crippen molar-refractivity contribution in [2.24, 2.45) is 0 Å². The number of carbonyl (C=O) groups excluding carboxylic acids is 1. The van der Waals surface area contributed by atoms with Gasteiger partial charge in [0.25, 0.3) is 5.91 Å². The minimum absolute atomic E-state index is 0.0665. The Morgan fingerprint density at radius 3 is 2.64 bits per heavy atom. The fraction of sp³-hybridized carbons (Fsp3) is 0.444. The molecule has 78 valence electrons. The Labute approximate surface area is 80.3 Å². The Kier molecular flexibility index (Phi) is 3.22. The van der Waals surface area contributed by atoms with E-state index >= 15 is 0 Å². The third-order valence-corrected chi connectivity index (χ3v) is 1.75. The quantitative estimate of drug-likeness (QED) is 0.750. The van der Waals surface area contributed by atoms with Crippen molar-refractivity contribution in [3.05, 3.63) is 23.7 Å². The van der Waals surface area contributed by atoms with Gasteiger partial charge in [0, 0.05) is 7.05 Å². The Bertz CT molecular complexity index is 322. The first-order chi connectivity index (χ1) is 6.50. The largest absolute Gasteiger partial charge is 0.464 e. The molecule has 0 aromatic carbocycles. The van der Waals surface area contributed by atoms with Crippen LogP contribution in [0.1, 0.15) is 11.5 Å². The summed E-state index contributed by atoms with van der Waals surface area (Å²) in [7, 11) is 1.31. The number of amides is 1. The molecule has 1 aromatic heterocycles. The SMILES string of the molecule is Cc1ccc(CN(C)C(=O)C(F)F)o1. The predicted octanol–water partition coefficient (Wildman–Crippen LogP) is 1.81. The van der Waals surface area contributed by atoms with Crippen LogP contribution in [-0.2, 0) is 11.3 Å². The maximum Gasteiger partial charge on any atom is 0.315 e. The molecule has 0 N–H and O–H groups in total. The highest BCUT2D eigenvalue weighted by atomic mass is 19.3. The van der Waals surface area contributed by atoms with Crippen molar-refractivity contribution < 1.29 is 18.0 Å². The first-order valence-electron chi connectivity index (χ1n) is 4.09. The molecule has 0 aliphatic rings. The van der Waals surface area contributed by atoms with Crippen LogP contribution in [0.5, 0.6) is 0 Å². The van der Waals surface area contributed by atoms with E-state index in [-0.39, 0.29) is 6.54 Å². The Morgan fingerprint density at radius 2 is 2.21 bits per heavy atom. The highest BCUT2D eigenvalue weighted by Crippen LogP contribution is 2.10. The molecular formula is C9H11F2NO2. The van der Waals surface area contributed by atoms with Crippen molar-refractivity contribution in [1.29, 1.82) is 0 Å². The number of halogens is 2. The summed E-state index contributed by atoms with van der Waals surface area (Å²) in [6.07, 6.45) is -2.96. The molecule has 5 heteroatoms. The zero-order valence-corrected chi connectivity index (χ0v) is 7.96. The van der Waals surface area contributed by atoms with E-state index in [1.165, 1.54) is 7.05 Å². The number of nitrogens with zero attached hydrogens (tertiary/aromatic N) is 1. The Morgan fingerprint density at radius 1 is 1.57 bits per heavy atom. The molecule has 14 heavy (non-hydrogen) atoms. The van der Waals surface area contributed by atoms with Crippen molar-refractivity contribution in [3.63, 3.8) is 0 Å². The van der Waals surface area contributed by atoms with Crippen LogP contribution in [0.25, 0.3) is 0 Å². The van der Waals surface area contributed by atoms with Gasteiger partial charge in [-0.2, -0.15) is 8.78 Å². The van der Waals surface area contributed by atoms with Gasteiger partial charge < -0.3 is 9.32 Å². The third kappa shape index (κ3) is 2.55. The fourth-order valence-electron chi connectivity index (χ4n) is 1.05. The van der Waals surface area contributed by atoms with Gasteiger partial charge in [-0.1, -0.05) is 0 Å². The minimum atomic E-state index is -2.96. The highest BCUT2D eigenvalue weighted by molar-refractivity contribution is 5.78. The van der Waals surface area contributed by atoms with E-state index in [0.29, 0.717) is 11.5 Å². The second-order valence-electron chi connectivity index (χ2n) is 3.01. The van der Waals surface area contributed by atoms with Gasteiger partial charge >= 0.3 is 6.43 Å². The average molecular weight is 203 g/mol. The van der Waals surface area contributed by atoms with Crippen LogP contribution in [0, 0.1) is 6.92 Å². The molecule has 0 unspecified atom stereocenters. The first kappa shape index (κ1) is 10.7. The fourth-order valence-corrected chi connectivity index (χ4v) is 1.05. The summed E-state index contributed by atoms with van der Waals surface area (Å²) in [5, 5.41) is 0. The van der Waals surface area contributed by atoms with Crippen molar-refractivity contribution in [3.8, 4) is 0 Å². The number of carbonyl (C=O) groups is 1. The molecule has 0 saturated carbocycles. The number of hydrogen-bond acceptors (Lipinski definition) is 2. The summed E-state index contributed by atoms with van der Waals surface area (Å²) in [5.74, 6) is -0.00375. The molecule has 0 aliphatic heterocycles. The van der Waals surface area contributed by atoms with Gasteiger partial charge in [-0.15, -0.1) is 0 Å². The summed E-state index contributed by atoms with van der Waals surface area (Å²) in [5.41, 5.74) is 0. The van der Waals surface area contributed by atoms with Crippen molar-refractivity contribution in [1.82, 2.24) is 4.90 Å². The van der Waals surface area contributed by atoms with E-state index in [0.717, 1.165) is 4.90 Å². The molecule has 0 aliphatic carbocycles. The molecule has 0 bridgehead atoms. The molecule has 0 saturated heterocycles. The van der Waals surface area contributed by atoms with Crippen LogP contribution in [-0.4, -0.2) is 24.3 Å². The molecule has 0 radical (unpaired) electrons. The van der Waals surface area contributed by atoms with E-state index in [9.17, 15) is 13.6 Å². The van der Waals surface area contributed by atoms with Gasteiger partial charge in [-0.3, -0.25) is 4.79 Å². The van der Waals surface area contributed by atoms with E-state index in [1.54, 1.807) is 19.1 Å². The summed E-state index contributed by atoms with van der Waals surface area (Å²) in [6.45, 7) is 1.81. The number of furan rings is 1. The molecule has 3 nitrogen and oxygen atoms in total. The number of rotatable bonds is 3. The second-order valence-corrected chi connectivity index (χ2v) is 3.01. The van der Waals surface area contributed by atoms with Gasteiger partial charge in [0.1, 0.15) is 11.5 Å². The third-order valence-electron chi connectivity index (χ3n) is 1.75. The molecule has 1 rings (SSSR count). The van der Waals surface area contributed by atoms with Gasteiger partial charge in [0.05, 0.1) is 6.54 Å². The monoisotopic (exact) mass is 203 g/mol. The minimum Gasteiger partial charge on any atom is -0.464 e. The summed E-state index contributed by atoms with van der Waals surface area (Å²) >= 11 is 0. The van der Waals surface area contributed by atoms with Gasteiger partial charge in [-0.05, 0) is 19.1 Å². The molecule has 0 fully saturated rings. The lowest BCUT2D eigenvalue weighted by Crippen LogP contribution is -2.31. The second kappa shape index (κ2) is 4.21. The Hall–Kier alpha value is -1.39. The maximum atomic E-state index is 12.0. The van der Waals surface area contributed by atoms with Gasteiger partial charge in [0.15, 0.2) is 0 Å². The molecule has 1 amide bonds. The topological polar surface area (TPSA) is 33.5 Å². The van der Waals surface area contributed by atoms with Crippen LogP contribution in [0.15, 0.2) is 16.5 Å². The summed E-state index contributed by atoms with van der Waals surface area (Å²) in [4.78, 5) is 11.7. The summed E-state index contributed by atoms with van der Waals surface area (Å²) < 4.78 is 29.1. The highest BCUT2D eigenvalue weighted by Gasteiger charge is 2.20. The van der Waals surface area contributed by atoms with Gasteiger partial charge in [-0.25, -0.2) is 0 Å². The molecule has 1 aromatic rings.